The molecule has 0 aliphatic carbocycles. The van der Waals surface area contributed by atoms with Gasteiger partial charge in [0.25, 0.3) is 0 Å². The Morgan fingerprint density at radius 1 is 1.47 bits per heavy atom. The Morgan fingerprint density at radius 2 is 2.37 bits per heavy atom. The second-order valence-electron chi connectivity index (χ2n) is 4.65. The maximum absolute atomic E-state index is 11.3. The number of ether oxygens (including phenoxy) is 1. The molecule has 0 radical (unpaired) electrons. The van der Waals surface area contributed by atoms with Crippen LogP contribution in [-0.4, -0.2) is 19.1 Å². The van der Waals surface area contributed by atoms with Crippen molar-refractivity contribution in [2.45, 2.75) is 32.1 Å². The minimum Gasteiger partial charge on any atom is -0.493 e. The first-order chi connectivity index (χ1) is 9.29. The molecule has 1 N–H and O–H groups in total. The monoisotopic (exact) mass is 258 g/mol. The quantitative estimate of drug-likeness (QED) is 0.878. The fourth-order valence-electron chi connectivity index (χ4n) is 2.17. The Hall–Kier alpha value is -2.02. The van der Waals surface area contributed by atoms with Crippen LogP contribution in [0.4, 0.5) is 0 Å². The van der Waals surface area contributed by atoms with Crippen molar-refractivity contribution in [2.75, 3.05) is 13.2 Å². The van der Waals surface area contributed by atoms with Gasteiger partial charge < -0.3 is 10.1 Å². The highest BCUT2D eigenvalue weighted by atomic mass is 16.5. The molecule has 0 aromatic heterocycles. The third-order valence-corrected chi connectivity index (χ3v) is 3.17. The molecule has 0 fully saturated rings. The number of carbonyl (C=O) groups is 1. The standard InChI is InChI=1S/C15H18N2O2/c16-8-1-4-15(18)17-9-7-12-5-6-14-13(11-12)3-2-10-19-14/h5-6,11H,1-4,7,9-10H2,(H,17,18). The molecule has 19 heavy (non-hydrogen) atoms. The summed E-state index contributed by atoms with van der Waals surface area (Å²) < 4.78 is 5.57. The van der Waals surface area contributed by atoms with Crippen LogP contribution in [0.25, 0.3) is 0 Å². The average molecular weight is 258 g/mol. The van der Waals surface area contributed by atoms with Crippen LogP contribution < -0.4 is 10.1 Å². The first kappa shape index (κ1) is 13.4. The number of benzene rings is 1. The highest BCUT2D eigenvalue weighted by Gasteiger charge is 2.10. The van der Waals surface area contributed by atoms with E-state index in [-0.39, 0.29) is 18.7 Å². The zero-order valence-corrected chi connectivity index (χ0v) is 10.9. The normalized spacial score (nSPS) is 13.0. The van der Waals surface area contributed by atoms with Crippen molar-refractivity contribution in [1.29, 1.82) is 5.26 Å². The van der Waals surface area contributed by atoms with Gasteiger partial charge in [0, 0.05) is 19.4 Å². The largest absolute Gasteiger partial charge is 0.493 e. The van der Waals surface area contributed by atoms with Crippen LogP contribution in [-0.2, 0) is 17.6 Å². The van der Waals surface area contributed by atoms with E-state index in [2.05, 4.69) is 11.4 Å². The van der Waals surface area contributed by atoms with Crippen molar-refractivity contribution >= 4 is 5.91 Å². The van der Waals surface area contributed by atoms with E-state index in [0.29, 0.717) is 6.54 Å². The second-order valence-corrected chi connectivity index (χ2v) is 4.65. The number of nitrogens with one attached hydrogen (secondary N) is 1. The maximum atomic E-state index is 11.3. The molecule has 4 nitrogen and oxygen atoms in total. The molecule has 1 aromatic carbocycles. The van der Waals surface area contributed by atoms with Crippen molar-refractivity contribution in [3.63, 3.8) is 0 Å². The highest BCUT2D eigenvalue weighted by molar-refractivity contribution is 5.76. The lowest BCUT2D eigenvalue weighted by Gasteiger charge is -2.17. The summed E-state index contributed by atoms with van der Waals surface area (Å²) in [7, 11) is 0. The van der Waals surface area contributed by atoms with Crippen molar-refractivity contribution < 1.29 is 9.53 Å². The molecule has 1 aliphatic heterocycles. The smallest absolute Gasteiger partial charge is 0.221 e. The molecule has 1 amide bonds. The Bertz CT molecular complexity index is 491. The van der Waals surface area contributed by atoms with Gasteiger partial charge in [0.2, 0.25) is 5.91 Å². The van der Waals surface area contributed by atoms with Gasteiger partial charge in [-0.1, -0.05) is 12.1 Å². The van der Waals surface area contributed by atoms with E-state index in [0.717, 1.165) is 31.6 Å². The van der Waals surface area contributed by atoms with E-state index >= 15 is 0 Å². The third-order valence-electron chi connectivity index (χ3n) is 3.17. The lowest BCUT2D eigenvalue weighted by atomic mass is 10.0. The summed E-state index contributed by atoms with van der Waals surface area (Å²) in [6, 6.07) is 8.19. The summed E-state index contributed by atoms with van der Waals surface area (Å²) in [5, 5.41) is 11.2. The van der Waals surface area contributed by atoms with Crippen LogP contribution in [0.2, 0.25) is 0 Å². The number of carbonyl (C=O) groups excluding carboxylic acids is 1. The predicted molar refractivity (Wildman–Crippen MR) is 71.8 cm³/mol. The van der Waals surface area contributed by atoms with Gasteiger partial charge >= 0.3 is 0 Å². The Labute approximate surface area is 113 Å². The van der Waals surface area contributed by atoms with Crippen molar-refractivity contribution in [2.24, 2.45) is 0 Å². The number of rotatable bonds is 5. The van der Waals surface area contributed by atoms with Crippen LogP contribution in [0.5, 0.6) is 5.75 Å². The molecule has 1 aliphatic rings. The molecule has 0 saturated carbocycles. The molecule has 1 aromatic rings. The summed E-state index contributed by atoms with van der Waals surface area (Å²) in [6.45, 7) is 1.42. The van der Waals surface area contributed by atoms with Gasteiger partial charge in [0.05, 0.1) is 12.7 Å². The zero-order chi connectivity index (χ0) is 13.5. The lowest BCUT2D eigenvalue weighted by Crippen LogP contribution is -2.25. The Morgan fingerprint density at radius 3 is 3.21 bits per heavy atom. The van der Waals surface area contributed by atoms with E-state index in [4.69, 9.17) is 10.00 Å². The van der Waals surface area contributed by atoms with Crippen LogP contribution in [0.15, 0.2) is 18.2 Å². The van der Waals surface area contributed by atoms with E-state index < -0.39 is 0 Å². The van der Waals surface area contributed by atoms with Gasteiger partial charge in [0.15, 0.2) is 0 Å². The highest BCUT2D eigenvalue weighted by Crippen LogP contribution is 2.25. The van der Waals surface area contributed by atoms with E-state index in [1.807, 2.05) is 18.2 Å². The molecule has 1 heterocycles. The molecule has 0 unspecified atom stereocenters. The van der Waals surface area contributed by atoms with Gasteiger partial charge in [-0.3, -0.25) is 4.79 Å². The summed E-state index contributed by atoms with van der Waals surface area (Å²) in [5.74, 6) is 0.941. The zero-order valence-electron chi connectivity index (χ0n) is 10.9. The number of hydrogen-bond acceptors (Lipinski definition) is 3. The van der Waals surface area contributed by atoms with Gasteiger partial charge in [0.1, 0.15) is 5.75 Å². The van der Waals surface area contributed by atoms with Crippen LogP contribution in [0.3, 0.4) is 0 Å². The number of nitrogens with zero attached hydrogens (tertiary/aromatic N) is 1. The molecule has 0 saturated heterocycles. The molecule has 100 valence electrons. The molecular formula is C15H18N2O2. The first-order valence-electron chi connectivity index (χ1n) is 6.68. The fourth-order valence-corrected chi connectivity index (χ4v) is 2.17. The molecule has 0 bridgehead atoms. The minimum absolute atomic E-state index is 0.0529. The number of hydrogen-bond donors (Lipinski definition) is 1. The van der Waals surface area contributed by atoms with Crippen molar-refractivity contribution in [1.82, 2.24) is 5.32 Å². The summed E-state index contributed by atoms with van der Waals surface area (Å²) in [6.07, 6.45) is 3.52. The summed E-state index contributed by atoms with van der Waals surface area (Å²) in [5.41, 5.74) is 2.48. The summed E-state index contributed by atoms with van der Waals surface area (Å²) in [4.78, 5) is 11.3. The lowest BCUT2D eigenvalue weighted by molar-refractivity contribution is -0.120. The fraction of sp³-hybridized carbons (Fsp3) is 0.467. The molecule has 4 heteroatoms. The molecular weight excluding hydrogens is 240 g/mol. The first-order valence-corrected chi connectivity index (χ1v) is 6.68. The SMILES string of the molecule is N#CCCC(=O)NCCc1ccc2c(c1)CCCO2. The predicted octanol–water partition coefficient (Wildman–Crippen LogP) is 1.97. The molecule has 2 rings (SSSR count). The van der Waals surface area contributed by atoms with Crippen LogP contribution in [0, 0.1) is 11.3 Å². The number of aryl methyl sites for hydroxylation is 1. The number of nitriles is 1. The van der Waals surface area contributed by atoms with E-state index in [1.165, 1.54) is 11.1 Å². The Kier molecular flexibility index (Phi) is 4.79. The molecule has 0 spiro atoms. The van der Waals surface area contributed by atoms with Crippen molar-refractivity contribution in [3.8, 4) is 11.8 Å². The van der Waals surface area contributed by atoms with Gasteiger partial charge in [-0.25, -0.2) is 0 Å². The average Bonchev–Trinajstić information content (AvgIpc) is 2.45. The van der Waals surface area contributed by atoms with E-state index in [1.54, 1.807) is 0 Å². The Balaban J connectivity index is 1.80. The van der Waals surface area contributed by atoms with Crippen LogP contribution >= 0.6 is 0 Å². The van der Waals surface area contributed by atoms with Gasteiger partial charge in [-0.05, 0) is 36.5 Å². The maximum Gasteiger partial charge on any atom is 0.221 e. The summed E-state index contributed by atoms with van der Waals surface area (Å²) >= 11 is 0. The van der Waals surface area contributed by atoms with E-state index in [9.17, 15) is 4.79 Å². The van der Waals surface area contributed by atoms with Gasteiger partial charge in [-0.2, -0.15) is 5.26 Å². The number of fused-ring (bicyclic) bond motifs is 1. The molecule has 0 atom stereocenters. The number of amides is 1. The van der Waals surface area contributed by atoms with Crippen molar-refractivity contribution in [3.05, 3.63) is 29.3 Å². The van der Waals surface area contributed by atoms with Crippen LogP contribution in [0.1, 0.15) is 30.4 Å². The topological polar surface area (TPSA) is 62.1 Å². The third kappa shape index (κ3) is 3.99. The minimum atomic E-state index is -0.0529. The second kappa shape index (κ2) is 6.79. The van der Waals surface area contributed by atoms with Gasteiger partial charge in [-0.15, -0.1) is 0 Å².